The second-order valence-electron chi connectivity index (χ2n) is 5.09. The molecule has 0 spiro atoms. The van der Waals surface area contributed by atoms with Crippen LogP contribution in [-0.2, 0) is 0 Å². The van der Waals surface area contributed by atoms with E-state index >= 15 is 0 Å². The van der Waals surface area contributed by atoms with Crippen molar-refractivity contribution in [2.24, 2.45) is 5.92 Å². The second-order valence-corrected chi connectivity index (χ2v) is 5.09. The highest BCUT2D eigenvalue weighted by atomic mass is 16.4. The summed E-state index contributed by atoms with van der Waals surface area (Å²) in [7, 11) is 1.57. The van der Waals surface area contributed by atoms with Crippen LogP contribution in [0.5, 0.6) is 0 Å². The number of carbonyl (C=O) groups is 2. The van der Waals surface area contributed by atoms with Gasteiger partial charge in [0.25, 0.3) is 0 Å². The SMILES string of the molecule is CCC(NC(=O)N(C)c1ccccc1C(=O)O)C(C)C. The molecule has 2 amide bonds. The summed E-state index contributed by atoms with van der Waals surface area (Å²) < 4.78 is 0. The van der Waals surface area contributed by atoms with Crippen LogP contribution in [0.15, 0.2) is 24.3 Å². The van der Waals surface area contributed by atoms with Crippen molar-refractivity contribution in [1.82, 2.24) is 5.32 Å². The summed E-state index contributed by atoms with van der Waals surface area (Å²) in [5, 5.41) is 12.1. The predicted octanol–water partition coefficient (Wildman–Crippen LogP) is 2.97. The Balaban J connectivity index is 2.92. The topological polar surface area (TPSA) is 69.6 Å². The minimum Gasteiger partial charge on any atom is -0.478 e. The molecule has 110 valence electrons. The van der Waals surface area contributed by atoms with E-state index in [1.165, 1.54) is 11.0 Å². The van der Waals surface area contributed by atoms with E-state index in [1.807, 2.05) is 20.8 Å². The number of benzene rings is 1. The lowest BCUT2D eigenvalue weighted by Gasteiger charge is -2.26. The zero-order valence-corrected chi connectivity index (χ0v) is 12.4. The van der Waals surface area contributed by atoms with Crippen molar-refractivity contribution >= 4 is 17.7 Å². The fourth-order valence-corrected chi connectivity index (χ4v) is 2.05. The molecule has 5 nitrogen and oxygen atoms in total. The van der Waals surface area contributed by atoms with Crippen LogP contribution in [0.1, 0.15) is 37.6 Å². The van der Waals surface area contributed by atoms with Gasteiger partial charge in [0.15, 0.2) is 0 Å². The first kappa shape index (κ1) is 16.0. The van der Waals surface area contributed by atoms with E-state index in [9.17, 15) is 9.59 Å². The molecule has 2 N–H and O–H groups in total. The molecule has 0 saturated carbocycles. The predicted molar refractivity (Wildman–Crippen MR) is 79.3 cm³/mol. The molecule has 0 aliphatic rings. The normalized spacial score (nSPS) is 12.1. The lowest BCUT2D eigenvalue weighted by Crippen LogP contribution is -2.45. The second kappa shape index (κ2) is 6.93. The summed E-state index contributed by atoms with van der Waals surface area (Å²) in [6.07, 6.45) is 0.831. The number of amides is 2. The van der Waals surface area contributed by atoms with Gasteiger partial charge in [-0.1, -0.05) is 32.9 Å². The third-order valence-corrected chi connectivity index (χ3v) is 3.35. The summed E-state index contributed by atoms with van der Waals surface area (Å²) in [6, 6.07) is 6.24. The largest absolute Gasteiger partial charge is 0.478 e. The van der Waals surface area contributed by atoms with Crippen LogP contribution >= 0.6 is 0 Å². The number of hydrogen-bond acceptors (Lipinski definition) is 2. The Labute approximate surface area is 119 Å². The standard InChI is InChI=1S/C15H22N2O3/c1-5-12(10(2)3)16-15(20)17(4)13-9-7-6-8-11(13)14(18)19/h6-10,12H,5H2,1-4H3,(H,16,20)(H,18,19). The molecule has 0 aromatic heterocycles. The number of anilines is 1. The molecule has 0 aliphatic heterocycles. The van der Waals surface area contributed by atoms with Crippen molar-refractivity contribution in [1.29, 1.82) is 0 Å². The average Bonchev–Trinajstić information content (AvgIpc) is 2.43. The third kappa shape index (κ3) is 3.73. The monoisotopic (exact) mass is 278 g/mol. The van der Waals surface area contributed by atoms with Gasteiger partial charge in [-0.3, -0.25) is 4.90 Å². The maximum atomic E-state index is 12.2. The fraction of sp³-hybridized carbons (Fsp3) is 0.467. The minimum atomic E-state index is -1.05. The molecule has 0 aliphatic carbocycles. The van der Waals surface area contributed by atoms with E-state index in [1.54, 1.807) is 25.2 Å². The van der Waals surface area contributed by atoms with E-state index in [0.717, 1.165) is 6.42 Å². The van der Waals surface area contributed by atoms with E-state index in [4.69, 9.17) is 5.11 Å². The van der Waals surface area contributed by atoms with Gasteiger partial charge in [0.1, 0.15) is 0 Å². The minimum absolute atomic E-state index is 0.0712. The molecule has 1 aromatic carbocycles. The third-order valence-electron chi connectivity index (χ3n) is 3.35. The molecule has 0 radical (unpaired) electrons. The lowest BCUT2D eigenvalue weighted by atomic mass is 10.0. The number of hydrogen-bond donors (Lipinski definition) is 2. The van der Waals surface area contributed by atoms with Gasteiger partial charge in [-0.05, 0) is 24.5 Å². The number of nitrogens with one attached hydrogen (secondary N) is 1. The van der Waals surface area contributed by atoms with Gasteiger partial charge in [0.2, 0.25) is 0 Å². The number of aromatic carboxylic acids is 1. The van der Waals surface area contributed by atoms with E-state index < -0.39 is 5.97 Å². The Morgan fingerprint density at radius 2 is 1.90 bits per heavy atom. The van der Waals surface area contributed by atoms with Crippen LogP contribution in [0.4, 0.5) is 10.5 Å². The molecular formula is C15H22N2O3. The Morgan fingerprint density at radius 1 is 1.30 bits per heavy atom. The van der Waals surface area contributed by atoms with Gasteiger partial charge in [0, 0.05) is 13.1 Å². The van der Waals surface area contributed by atoms with Crippen LogP contribution in [0.3, 0.4) is 0 Å². The molecule has 0 fully saturated rings. The number of carboxylic acids is 1. The summed E-state index contributed by atoms with van der Waals surface area (Å²) >= 11 is 0. The maximum absolute atomic E-state index is 12.2. The number of carbonyl (C=O) groups excluding carboxylic acids is 1. The van der Waals surface area contributed by atoms with Gasteiger partial charge < -0.3 is 10.4 Å². The van der Waals surface area contributed by atoms with Gasteiger partial charge in [-0.25, -0.2) is 9.59 Å². The van der Waals surface area contributed by atoms with E-state index in [-0.39, 0.29) is 17.6 Å². The smallest absolute Gasteiger partial charge is 0.337 e. The number of para-hydroxylation sites is 1. The van der Waals surface area contributed by atoms with Crippen LogP contribution in [0, 0.1) is 5.92 Å². The molecule has 1 atom stereocenters. The highest BCUT2D eigenvalue weighted by molar-refractivity contribution is 6.01. The van der Waals surface area contributed by atoms with Crippen LogP contribution < -0.4 is 10.2 Å². The van der Waals surface area contributed by atoms with Crippen molar-refractivity contribution in [2.45, 2.75) is 33.2 Å². The summed E-state index contributed by atoms with van der Waals surface area (Å²) in [5.41, 5.74) is 0.499. The quantitative estimate of drug-likeness (QED) is 0.870. The van der Waals surface area contributed by atoms with Gasteiger partial charge in [-0.15, -0.1) is 0 Å². The van der Waals surface area contributed by atoms with Crippen LogP contribution in [0.2, 0.25) is 0 Å². The highest BCUT2D eigenvalue weighted by Crippen LogP contribution is 2.19. The Hall–Kier alpha value is -2.04. The summed E-state index contributed by atoms with van der Waals surface area (Å²) in [4.78, 5) is 24.7. The molecule has 0 heterocycles. The van der Waals surface area contributed by atoms with E-state index in [0.29, 0.717) is 11.6 Å². The molecule has 1 rings (SSSR count). The first-order valence-electron chi connectivity index (χ1n) is 6.75. The number of rotatable bonds is 5. The Kier molecular flexibility index (Phi) is 5.55. The van der Waals surface area contributed by atoms with Crippen LogP contribution in [-0.4, -0.2) is 30.2 Å². The number of nitrogens with zero attached hydrogens (tertiary/aromatic N) is 1. The van der Waals surface area contributed by atoms with Crippen molar-refractivity contribution in [3.05, 3.63) is 29.8 Å². The Bertz CT molecular complexity index is 486. The number of carboxylic acid groups (broad SMARTS) is 1. The summed E-state index contributed by atoms with van der Waals surface area (Å²) in [5.74, 6) is -0.719. The van der Waals surface area contributed by atoms with Gasteiger partial charge >= 0.3 is 12.0 Å². The zero-order chi connectivity index (χ0) is 15.3. The highest BCUT2D eigenvalue weighted by Gasteiger charge is 2.20. The fourth-order valence-electron chi connectivity index (χ4n) is 2.05. The zero-order valence-electron chi connectivity index (χ0n) is 12.4. The van der Waals surface area contributed by atoms with Crippen LogP contribution in [0.25, 0.3) is 0 Å². The number of urea groups is 1. The maximum Gasteiger partial charge on any atom is 0.337 e. The van der Waals surface area contributed by atoms with Gasteiger partial charge in [-0.2, -0.15) is 0 Å². The molecule has 1 unspecified atom stereocenters. The molecule has 0 saturated heterocycles. The molecule has 5 heteroatoms. The first-order valence-corrected chi connectivity index (χ1v) is 6.75. The molecule has 0 bridgehead atoms. The van der Waals surface area contributed by atoms with E-state index in [2.05, 4.69) is 5.32 Å². The van der Waals surface area contributed by atoms with Gasteiger partial charge in [0.05, 0.1) is 11.3 Å². The summed E-state index contributed by atoms with van der Waals surface area (Å²) in [6.45, 7) is 6.09. The molecule has 20 heavy (non-hydrogen) atoms. The van der Waals surface area contributed by atoms with Crippen molar-refractivity contribution < 1.29 is 14.7 Å². The first-order chi connectivity index (χ1) is 9.38. The molecule has 1 aromatic rings. The molecular weight excluding hydrogens is 256 g/mol. The van der Waals surface area contributed by atoms with Crippen molar-refractivity contribution in [3.63, 3.8) is 0 Å². The average molecular weight is 278 g/mol. The van der Waals surface area contributed by atoms with Crippen molar-refractivity contribution in [2.75, 3.05) is 11.9 Å². The van der Waals surface area contributed by atoms with Crippen molar-refractivity contribution in [3.8, 4) is 0 Å². The lowest BCUT2D eigenvalue weighted by molar-refractivity contribution is 0.0697. The Morgan fingerprint density at radius 3 is 2.40 bits per heavy atom.